The average Bonchev–Trinajstić information content (AvgIpc) is 2.74. The molecule has 0 radical (unpaired) electrons. The Hall–Kier alpha value is -2.49. The van der Waals surface area contributed by atoms with Crippen molar-refractivity contribution in [3.05, 3.63) is 59.4 Å². The lowest BCUT2D eigenvalue weighted by atomic mass is 10.1. The van der Waals surface area contributed by atoms with Crippen LogP contribution < -0.4 is 10.0 Å². The van der Waals surface area contributed by atoms with E-state index in [9.17, 15) is 17.6 Å². The molecule has 2 aromatic carbocycles. The molecule has 0 aromatic heterocycles. The third kappa shape index (κ3) is 6.25. The summed E-state index contributed by atoms with van der Waals surface area (Å²) in [4.78, 5) is 17.2. The highest BCUT2D eigenvalue weighted by Crippen LogP contribution is 2.21. The van der Waals surface area contributed by atoms with Gasteiger partial charge in [0.05, 0.1) is 10.6 Å². The molecule has 2 N–H and O–H groups in total. The first-order valence-electron chi connectivity index (χ1n) is 10.3. The highest BCUT2D eigenvalue weighted by Gasteiger charge is 2.19. The van der Waals surface area contributed by atoms with E-state index in [1.165, 1.54) is 36.4 Å². The molecule has 0 bridgehead atoms. The van der Waals surface area contributed by atoms with E-state index in [0.29, 0.717) is 12.1 Å². The van der Waals surface area contributed by atoms with Crippen LogP contribution in [0, 0.1) is 12.7 Å². The number of piperazine rings is 1. The van der Waals surface area contributed by atoms with E-state index < -0.39 is 15.8 Å². The Labute approximate surface area is 183 Å². The maximum Gasteiger partial charge on any atom is 0.262 e. The van der Waals surface area contributed by atoms with Crippen LogP contribution >= 0.6 is 0 Å². The average molecular weight is 449 g/mol. The van der Waals surface area contributed by atoms with Crippen LogP contribution in [-0.4, -0.2) is 70.4 Å². The molecule has 1 saturated heterocycles. The minimum Gasteiger partial charge on any atom is -0.352 e. The van der Waals surface area contributed by atoms with Gasteiger partial charge < -0.3 is 15.1 Å². The first-order valence-corrected chi connectivity index (χ1v) is 11.8. The van der Waals surface area contributed by atoms with Crippen molar-refractivity contribution in [1.82, 2.24) is 15.1 Å². The molecule has 1 heterocycles. The Balaban J connectivity index is 1.60. The molecule has 0 atom stereocenters. The number of para-hydroxylation sites is 1. The highest BCUT2D eigenvalue weighted by molar-refractivity contribution is 7.92. The zero-order valence-corrected chi connectivity index (χ0v) is 18.7. The molecule has 0 unspecified atom stereocenters. The van der Waals surface area contributed by atoms with Crippen LogP contribution in [0.1, 0.15) is 22.3 Å². The third-order valence-corrected chi connectivity index (χ3v) is 6.78. The minimum atomic E-state index is -4.03. The Kier molecular flexibility index (Phi) is 7.64. The van der Waals surface area contributed by atoms with Gasteiger partial charge in [0.1, 0.15) is 5.82 Å². The van der Waals surface area contributed by atoms with Crippen LogP contribution in [0.2, 0.25) is 0 Å². The number of sulfonamides is 1. The number of halogens is 1. The number of carbonyl (C=O) groups is 1. The Morgan fingerprint density at radius 1 is 1.10 bits per heavy atom. The summed E-state index contributed by atoms with van der Waals surface area (Å²) in [6.45, 7) is 7.32. The zero-order valence-electron chi connectivity index (χ0n) is 17.9. The number of aryl methyl sites for hydroxylation is 1. The summed E-state index contributed by atoms with van der Waals surface area (Å²) in [5.41, 5.74) is 0.815. The minimum absolute atomic E-state index is 0.0936. The molecule has 9 heteroatoms. The van der Waals surface area contributed by atoms with Gasteiger partial charge in [0.15, 0.2) is 0 Å². The summed E-state index contributed by atoms with van der Waals surface area (Å²) in [7, 11) is -1.92. The molecule has 2 aromatic rings. The molecule has 0 aliphatic carbocycles. The van der Waals surface area contributed by atoms with Crippen LogP contribution in [0.15, 0.2) is 47.4 Å². The van der Waals surface area contributed by atoms with Crippen molar-refractivity contribution in [3.8, 4) is 0 Å². The fraction of sp³-hybridized carbons (Fsp3) is 0.409. The molecule has 3 rings (SSSR count). The number of carbonyl (C=O) groups excluding carboxylic acids is 1. The maximum atomic E-state index is 13.8. The first kappa shape index (κ1) is 23.2. The Morgan fingerprint density at radius 2 is 1.81 bits per heavy atom. The standard InChI is InChI=1S/C22H29FN4O3S/c1-17-8-9-18(31(29,30)25-21-7-4-3-6-20(21)23)16-19(17)22(28)24-10-5-11-27-14-12-26(2)13-15-27/h3-4,6-9,16,25H,5,10-15H2,1-2H3,(H,24,28). The van der Waals surface area contributed by atoms with E-state index in [0.717, 1.165) is 39.1 Å². The van der Waals surface area contributed by atoms with Crippen molar-refractivity contribution in [1.29, 1.82) is 0 Å². The molecular weight excluding hydrogens is 419 g/mol. The predicted molar refractivity (Wildman–Crippen MR) is 119 cm³/mol. The number of hydrogen-bond acceptors (Lipinski definition) is 5. The number of benzene rings is 2. The van der Waals surface area contributed by atoms with Gasteiger partial charge in [-0.2, -0.15) is 0 Å². The van der Waals surface area contributed by atoms with E-state index in [1.54, 1.807) is 13.0 Å². The van der Waals surface area contributed by atoms with Crippen molar-refractivity contribution < 1.29 is 17.6 Å². The van der Waals surface area contributed by atoms with Gasteiger partial charge in [-0.3, -0.25) is 9.52 Å². The summed E-state index contributed by atoms with van der Waals surface area (Å²) in [5, 5.41) is 2.87. The van der Waals surface area contributed by atoms with Crippen molar-refractivity contribution in [2.75, 3.05) is 51.0 Å². The summed E-state index contributed by atoms with van der Waals surface area (Å²) >= 11 is 0. The van der Waals surface area contributed by atoms with E-state index in [1.807, 2.05) is 0 Å². The predicted octanol–water partition coefficient (Wildman–Crippen LogP) is 2.30. The number of anilines is 1. The molecule has 0 saturated carbocycles. The van der Waals surface area contributed by atoms with Gasteiger partial charge in [0, 0.05) is 38.3 Å². The smallest absolute Gasteiger partial charge is 0.262 e. The van der Waals surface area contributed by atoms with Gasteiger partial charge in [0.2, 0.25) is 0 Å². The molecule has 7 nitrogen and oxygen atoms in total. The molecule has 1 aliphatic heterocycles. The fourth-order valence-corrected chi connectivity index (χ4v) is 4.52. The first-order chi connectivity index (χ1) is 14.8. The number of hydrogen-bond donors (Lipinski definition) is 2. The number of amides is 1. The van der Waals surface area contributed by atoms with Crippen molar-refractivity contribution in [2.24, 2.45) is 0 Å². The molecule has 31 heavy (non-hydrogen) atoms. The summed E-state index contributed by atoms with van der Waals surface area (Å²) in [5.74, 6) is -0.990. The molecule has 1 amide bonds. The zero-order chi connectivity index (χ0) is 22.4. The second-order valence-corrected chi connectivity index (χ2v) is 9.50. The molecule has 1 fully saturated rings. The van der Waals surface area contributed by atoms with Gasteiger partial charge in [-0.25, -0.2) is 12.8 Å². The van der Waals surface area contributed by atoms with Crippen LogP contribution in [0.4, 0.5) is 10.1 Å². The lowest BCUT2D eigenvalue weighted by Crippen LogP contribution is -2.45. The van der Waals surface area contributed by atoms with Gasteiger partial charge >= 0.3 is 0 Å². The Morgan fingerprint density at radius 3 is 2.52 bits per heavy atom. The maximum absolute atomic E-state index is 13.8. The van der Waals surface area contributed by atoms with Crippen molar-refractivity contribution in [2.45, 2.75) is 18.2 Å². The van der Waals surface area contributed by atoms with Gasteiger partial charge in [0.25, 0.3) is 15.9 Å². The largest absolute Gasteiger partial charge is 0.352 e. The summed E-state index contributed by atoms with van der Waals surface area (Å²) in [6.07, 6.45) is 0.821. The third-order valence-electron chi connectivity index (χ3n) is 5.41. The van der Waals surface area contributed by atoms with Gasteiger partial charge in [-0.15, -0.1) is 0 Å². The molecule has 0 spiro atoms. The SMILES string of the molecule is Cc1ccc(S(=O)(=O)Nc2ccccc2F)cc1C(=O)NCCCN1CCN(C)CC1. The highest BCUT2D eigenvalue weighted by atomic mass is 32.2. The van der Waals surface area contributed by atoms with Gasteiger partial charge in [-0.1, -0.05) is 18.2 Å². The number of nitrogens with one attached hydrogen (secondary N) is 2. The second kappa shape index (κ2) is 10.2. The molecular formula is C22H29FN4O3S. The Bertz CT molecular complexity index is 1020. The van der Waals surface area contributed by atoms with E-state index >= 15 is 0 Å². The lowest BCUT2D eigenvalue weighted by molar-refractivity contribution is 0.0948. The number of rotatable bonds is 8. The topological polar surface area (TPSA) is 81.7 Å². The van der Waals surface area contributed by atoms with Crippen LogP contribution in [0.5, 0.6) is 0 Å². The number of likely N-dealkylation sites (N-methyl/N-ethyl adjacent to an activating group) is 1. The van der Waals surface area contributed by atoms with Crippen LogP contribution in [0.25, 0.3) is 0 Å². The van der Waals surface area contributed by atoms with Crippen molar-refractivity contribution >= 4 is 21.6 Å². The second-order valence-electron chi connectivity index (χ2n) is 7.82. The quantitative estimate of drug-likeness (QED) is 0.606. The number of nitrogens with zero attached hydrogens (tertiary/aromatic N) is 2. The van der Waals surface area contributed by atoms with Gasteiger partial charge in [-0.05, 0) is 56.8 Å². The van der Waals surface area contributed by atoms with Crippen LogP contribution in [-0.2, 0) is 10.0 Å². The molecule has 1 aliphatic rings. The molecule has 168 valence electrons. The summed E-state index contributed by atoms with van der Waals surface area (Å²) in [6, 6.07) is 9.84. The van der Waals surface area contributed by atoms with Crippen molar-refractivity contribution in [3.63, 3.8) is 0 Å². The monoisotopic (exact) mass is 448 g/mol. The summed E-state index contributed by atoms with van der Waals surface area (Å²) < 4.78 is 41.4. The van der Waals surface area contributed by atoms with E-state index in [2.05, 4.69) is 26.9 Å². The normalized spacial score (nSPS) is 15.6. The van der Waals surface area contributed by atoms with E-state index in [4.69, 9.17) is 0 Å². The fourth-order valence-electron chi connectivity index (χ4n) is 3.43. The lowest BCUT2D eigenvalue weighted by Gasteiger charge is -2.32. The van der Waals surface area contributed by atoms with Crippen LogP contribution in [0.3, 0.4) is 0 Å². The van der Waals surface area contributed by atoms with E-state index in [-0.39, 0.29) is 22.1 Å².